The summed E-state index contributed by atoms with van der Waals surface area (Å²) in [7, 11) is -3.40. The average Bonchev–Trinajstić information content (AvgIpc) is 2.57. The summed E-state index contributed by atoms with van der Waals surface area (Å²) >= 11 is 0. The van der Waals surface area contributed by atoms with Gasteiger partial charge in [0.15, 0.2) is 0 Å². The van der Waals surface area contributed by atoms with Gasteiger partial charge in [-0.15, -0.1) is 0 Å². The van der Waals surface area contributed by atoms with Gasteiger partial charge in [0, 0.05) is 12.6 Å². The number of rotatable bonds is 7. The fraction of sp³-hybridized carbons (Fsp3) is 0.588. The summed E-state index contributed by atoms with van der Waals surface area (Å²) in [6.07, 6.45) is 5.01. The average molecular weight is 355 g/mol. The van der Waals surface area contributed by atoms with E-state index < -0.39 is 10.1 Å². The van der Waals surface area contributed by atoms with E-state index in [0.717, 1.165) is 37.5 Å². The van der Waals surface area contributed by atoms with E-state index in [4.69, 9.17) is 8.92 Å². The van der Waals surface area contributed by atoms with E-state index in [-0.39, 0.29) is 25.3 Å². The third kappa shape index (κ3) is 6.49. The molecule has 1 aliphatic rings. The van der Waals surface area contributed by atoms with E-state index >= 15 is 0 Å². The summed E-state index contributed by atoms with van der Waals surface area (Å²) in [5.74, 6) is 0. The molecule has 1 aromatic carbocycles. The predicted octanol–water partition coefficient (Wildman–Crippen LogP) is 2.93. The van der Waals surface area contributed by atoms with E-state index in [2.05, 4.69) is 0 Å². The standard InChI is InChI=1S/C17H25NO5S/c1-24(20,21)23-13-7-11-16-10-5-6-12-18(16)17(19)22-14-15-8-3-2-4-9-15/h2-4,8-9,16H,5-7,10-14H2,1H3/t16-/m0/s1. The van der Waals surface area contributed by atoms with E-state index in [1.54, 1.807) is 4.90 Å². The molecule has 24 heavy (non-hydrogen) atoms. The van der Waals surface area contributed by atoms with Gasteiger partial charge in [-0.2, -0.15) is 8.42 Å². The second-order valence-electron chi connectivity index (χ2n) is 6.05. The zero-order valence-electron chi connectivity index (χ0n) is 14.0. The molecule has 0 N–H and O–H groups in total. The van der Waals surface area contributed by atoms with Crippen molar-refractivity contribution < 1.29 is 22.1 Å². The minimum absolute atomic E-state index is 0.0881. The maximum Gasteiger partial charge on any atom is 0.410 e. The van der Waals surface area contributed by atoms with Gasteiger partial charge < -0.3 is 9.64 Å². The van der Waals surface area contributed by atoms with Crippen LogP contribution in [0.4, 0.5) is 4.79 Å². The number of ether oxygens (including phenoxy) is 1. The van der Waals surface area contributed by atoms with E-state index in [1.807, 2.05) is 30.3 Å². The van der Waals surface area contributed by atoms with Crippen LogP contribution in [0.2, 0.25) is 0 Å². The number of nitrogens with zero attached hydrogens (tertiary/aromatic N) is 1. The molecule has 1 atom stereocenters. The topological polar surface area (TPSA) is 72.9 Å². The molecule has 1 aromatic rings. The number of benzene rings is 1. The molecular formula is C17H25NO5S. The van der Waals surface area contributed by atoms with Crippen molar-refractivity contribution in [3.05, 3.63) is 35.9 Å². The zero-order chi connectivity index (χ0) is 17.4. The highest BCUT2D eigenvalue weighted by Gasteiger charge is 2.27. The molecule has 0 radical (unpaired) electrons. The Morgan fingerprint density at radius 1 is 1.25 bits per heavy atom. The van der Waals surface area contributed by atoms with E-state index in [0.29, 0.717) is 13.0 Å². The number of carbonyl (C=O) groups is 1. The molecule has 1 aliphatic heterocycles. The third-order valence-corrected chi connectivity index (χ3v) is 4.64. The molecule has 2 rings (SSSR count). The molecule has 0 unspecified atom stereocenters. The van der Waals surface area contributed by atoms with Crippen LogP contribution in [-0.4, -0.2) is 44.9 Å². The Kier molecular flexibility index (Phi) is 7.05. The summed E-state index contributed by atoms with van der Waals surface area (Å²) in [5, 5.41) is 0. The molecule has 7 heteroatoms. The van der Waals surface area contributed by atoms with Crippen LogP contribution in [0.5, 0.6) is 0 Å². The Hall–Kier alpha value is -1.60. The number of amides is 1. The van der Waals surface area contributed by atoms with E-state index in [9.17, 15) is 13.2 Å². The van der Waals surface area contributed by atoms with Crippen LogP contribution in [0.3, 0.4) is 0 Å². The van der Waals surface area contributed by atoms with Crippen LogP contribution in [0.25, 0.3) is 0 Å². The number of hydrogen-bond acceptors (Lipinski definition) is 5. The first kappa shape index (κ1) is 18.7. The number of hydrogen-bond donors (Lipinski definition) is 0. The SMILES string of the molecule is CS(=O)(=O)OCCC[C@@H]1CCCCN1C(=O)OCc1ccccc1. The van der Waals surface area contributed by atoms with Crippen molar-refractivity contribution >= 4 is 16.2 Å². The van der Waals surface area contributed by atoms with Crippen LogP contribution in [0.1, 0.15) is 37.7 Å². The van der Waals surface area contributed by atoms with Crippen molar-refractivity contribution in [2.45, 2.75) is 44.8 Å². The fourth-order valence-electron chi connectivity index (χ4n) is 2.87. The Morgan fingerprint density at radius 3 is 2.71 bits per heavy atom. The smallest absolute Gasteiger partial charge is 0.410 e. The Labute approximate surface area is 143 Å². The lowest BCUT2D eigenvalue weighted by molar-refractivity contribution is 0.0645. The molecule has 1 fully saturated rings. The highest BCUT2D eigenvalue weighted by Crippen LogP contribution is 2.22. The van der Waals surface area contributed by atoms with Crippen molar-refractivity contribution in [2.24, 2.45) is 0 Å². The van der Waals surface area contributed by atoms with Crippen LogP contribution in [0.15, 0.2) is 30.3 Å². The molecule has 0 aliphatic carbocycles. The normalized spacial score (nSPS) is 18.4. The first-order valence-corrected chi connectivity index (χ1v) is 10.1. The van der Waals surface area contributed by atoms with Crippen molar-refractivity contribution in [1.82, 2.24) is 4.90 Å². The van der Waals surface area contributed by atoms with Crippen molar-refractivity contribution in [2.75, 3.05) is 19.4 Å². The summed E-state index contributed by atoms with van der Waals surface area (Å²) in [4.78, 5) is 14.1. The Balaban J connectivity index is 1.80. The van der Waals surface area contributed by atoms with Gasteiger partial charge in [-0.25, -0.2) is 4.79 Å². The van der Waals surface area contributed by atoms with Gasteiger partial charge in [-0.1, -0.05) is 30.3 Å². The summed E-state index contributed by atoms with van der Waals surface area (Å²) in [6.45, 7) is 1.10. The lowest BCUT2D eigenvalue weighted by Gasteiger charge is -2.35. The van der Waals surface area contributed by atoms with Gasteiger partial charge in [-0.3, -0.25) is 4.18 Å². The first-order valence-electron chi connectivity index (χ1n) is 8.27. The van der Waals surface area contributed by atoms with Crippen molar-refractivity contribution in [3.8, 4) is 0 Å². The number of likely N-dealkylation sites (tertiary alicyclic amines) is 1. The molecule has 1 saturated heterocycles. The molecule has 0 saturated carbocycles. The zero-order valence-corrected chi connectivity index (χ0v) is 14.8. The highest BCUT2D eigenvalue weighted by atomic mass is 32.2. The maximum atomic E-state index is 12.4. The minimum atomic E-state index is -3.40. The van der Waals surface area contributed by atoms with Gasteiger partial charge in [-0.05, 0) is 37.7 Å². The predicted molar refractivity (Wildman–Crippen MR) is 91.0 cm³/mol. The highest BCUT2D eigenvalue weighted by molar-refractivity contribution is 7.85. The van der Waals surface area contributed by atoms with Crippen molar-refractivity contribution in [3.63, 3.8) is 0 Å². The van der Waals surface area contributed by atoms with E-state index in [1.165, 1.54) is 0 Å². The summed E-state index contributed by atoms with van der Waals surface area (Å²) in [5.41, 5.74) is 0.959. The minimum Gasteiger partial charge on any atom is -0.445 e. The molecule has 0 spiro atoms. The molecule has 134 valence electrons. The van der Waals surface area contributed by atoms with Crippen LogP contribution in [-0.2, 0) is 25.6 Å². The molecule has 0 bridgehead atoms. The molecule has 0 aromatic heterocycles. The molecule has 1 amide bonds. The monoisotopic (exact) mass is 355 g/mol. The Morgan fingerprint density at radius 2 is 2.00 bits per heavy atom. The molecule has 6 nitrogen and oxygen atoms in total. The second-order valence-corrected chi connectivity index (χ2v) is 7.70. The van der Waals surface area contributed by atoms with Crippen LogP contribution < -0.4 is 0 Å². The molecule has 1 heterocycles. The first-order chi connectivity index (χ1) is 11.5. The van der Waals surface area contributed by atoms with Gasteiger partial charge in [0.25, 0.3) is 10.1 Å². The summed E-state index contributed by atoms with van der Waals surface area (Å²) < 4.78 is 32.1. The van der Waals surface area contributed by atoms with Gasteiger partial charge in [0.05, 0.1) is 12.9 Å². The maximum absolute atomic E-state index is 12.4. The fourth-order valence-corrected chi connectivity index (χ4v) is 3.29. The van der Waals surface area contributed by atoms with Gasteiger partial charge >= 0.3 is 6.09 Å². The van der Waals surface area contributed by atoms with Gasteiger partial charge in [0.2, 0.25) is 0 Å². The molecular weight excluding hydrogens is 330 g/mol. The second kappa shape index (κ2) is 9.03. The number of carbonyl (C=O) groups excluding carboxylic acids is 1. The largest absolute Gasteiger partial charge is 0.445 e. The van der Waals surface area contributed by atoms with Crippen LogP contribution >= 0.6 is 0 Å². The Bertz CT molecular complexity index is 617. The van der Waals surface area contributed by atoms with Gasteiger partial charge in [0.1, 0.15) is 6.61 Å². The number of piperidine rings is 1. The quantitative estimate of drug-likeness (QED) is 0.555. The van der Waals surface area contributed by atoms with Crippen molar-refractivity contribution in [1.29, 1.82) is 0 Å². The third-order valence-electron chi connectivity index (χ3n) is 4.05. The lowest BCUT2D eigenvalue weighted by Crippen LogP contribution is -2.44. The lowest BCUT2D eigenvalue weighted by atomic mass is 9.99. The van der Waals surface area contributed by atoms with Crippen LogP contribution in [0, 0.1) is 0 Å². The summed E-state index contributed by atoms with van der Waals surface area (Å²) in [6, 6.07) is 9.67.